The summed E-state index contributed by atoms with van der Waals surface area (Å²) in [5.41, 5.74) is 2.82. The lowest BCUT2D eigenvalue weighted by Crippen LogP contribution is -2.74. The van der Waals surface area contributed by atoms with Gasteiger partial charge >= 0.3 is 0 Å². The lowest BCUT2D eigenvalue weighted by atomic mass is 9.80. The van der Waals surface area contributed by atoms with Crippen molar-refractivity contribution >= 4 is 34.2 Å². The molecule has 2 amide bonds. The minimum Gasteiger partial charge on any atom is -0.390 e. The number of benzene rings is 1. The number of carbonyl (C=O) groups excluding carboxylic acids is 2. The highest BCUT2D eigenvalue weighted by Crippen LogP contribution is 2.35. The largest absolute Gasteiger partial charge is 0.390 e. The van der Waals surface area contributed by atoms with Crippen molar-refractivity contribution < 1.29 is 23.1 Å². The van der Waals surface area contributed by atoms with Crippen LogP contribution in [0.4, 0.5) is 0 Å². The fourth-order valence-corrected chi connectivity index (χ4v) is 6.92. The van der Waals surface area contributed by atoms with Crippen molar-refractivity contribution in [1.82, 2.24) is 29.2 Å². The van der Waals surface area contributed by atoms with E-state index in [1.165, 1.54) is 18.4 Å². The fourth-order valence-electron chi connectivity index (χ4n) is 6.02. The first-order chi connectivity index (χ1) is 19.7. The monoisotopic (exact) mass is 638 g/mol. The number of aryl methyl sites for hydroxylation is 1. The first-order valence-corrected chi connectivity index (χ1v) is 16.3. The second-order valence-electron chi connectivity index (χ2n) is 12.2. The number of hydrogen-bond acceptors (Lipinski definition) is 7. The van der Waals surface area contributed by atoms with Gasteiger partial charge in [0.2, 0.25) is 21.8 Å². The molecule has 0 unspecified atom stereocenters. The molecule has 43 heavy (non-hydrogen) atoms. The van der Waals surface area contributed by atoms with Gasteiger partial charge < -0.3 is 15.3 Å². The van der Waals surface area contributed by atoms with Gasteiger partial charge in [-0.3, -0.25) is 14.5 Å². The number of aliphatic hydroxyl groups is 1. The van der Waals surface area contributed by atoms with Crippen LogP contribution in [0.25, 0.3) is 5.69 Å². The minimum absolute atomic E-state index is 0. The zero-order valence-electron chi connectivity index (χ0n) is 26.3. The molecule has 2 aromatic rings. The summed E-state index contributed by atoms with van der Waals surface area (Å²) in [5.74, 6) is -0.503. The molecule has 2 aliphatic heterocycles. The topological polar surface area (TPSA) is 128 Å². The van der Waals surface area contributed by atoms with Crippen LogP contribution in [0.15, 0.2) is 29.2 Å². The first-order valence-electron chi connectivity index (χ1n) is 14.9. The van der Waals surface area contributed by atoms with Crippen molar-refractivity contribution in [1.29, 1.82) is 0 Å². The highest BCUT2D eigenvalue weighted by atomic mass is 35.5. The van der Waals surface area contributed by atoms with Crippen LogP contribution in [0.5, 0.6) is 0 Å². The van der Waals surface area contributed by atoms with Crippen LogP contribution in [0, 0.1) is 19.8 Å². The Morgan fingerprint density at radius 2 is 1.72 bits per heavy atom. The van der Waals surface area contributed by atoms with Gasteiger partial charge in [0.15, 0.2) is 0 Å². The Balaban J connectivity index is 0.00000506. The number of sulfonamides is 1. The van der Waals surface area contributed by atoms with E-state index in [1.807, 2.05) is 32.4 Å². The van der Waals surface area contributed by atoms with Crippen molar-refractivity contribution in [2.75, 3.05) is 33.7 Å². The van der Waals surface area contributed by atoms with Crippen LogP contribution < -0.4 is 5.32 Å². The van der Waals surface area contributed by atoms with E-state index in [4.69, 9.17) is 5.10 Å². The molecular weight excluding hydrogens is 592 g/mol. The zero-order chi connectivity index (χ0) is 31.0. The average Bonchev–Trinajstić information content (AvgIpc) is 3.23. The summed E-state index contributed by atoms with van der Waals surface area (Å²) in [4.78, 5) is 31.5. The Kier molecular flexibility index (Phi) is 11.1. The SMILES string of the molecule is CCCCN1C(=O)[C@@H]([C@H](O)C(C)C)NC(=O)C12CCN(Cc1c(C)nn(-c3ccc(S(=O)(=O)N(C)C)cc3)c1C)CC2.Cl. The number of aromatic nitrogens is 2. The van der Waals surface area contributed by atoms with E-state index in [0.29, 0.717) is 39.0 Å². The molecule has 11 nitrogen and oxygen atoms in total. The van der Waals surface area contributed by atoms with Gasteiger partial charge in [-0.1, -0.05) is 27.2 Å². The molecule has 2 aliphatic rings. The number of aliphatic hydroxyl groups excluding tert-OH is 1. The third-order valence-electron chi connectivity index (χ3n) is 8.88. The van der Waals surface area contributed by atoms with E-state index in [2.05, 4.69) is 17.1 Å². The van der Waals surface area contributed by atoms with Gasteiger partial charge in [-0.2, -0.15) is 5.10 Å². The van der Waals surface area contributed by atoms with Crippen LogP contribution in [-0.2, 0) is 26.2 Å². The lowest BCUT2D eigenvalue weighted by Gasteiger charge is -2.52. The number of likely N-dealkylation sites (tertiary alicyclic amines) is 1. The number of hydrogen-bond donors (Lipinski definition) is 2. The Bertz CT molecular complexity index is 1400. The normalized spacial score (nSPS) is 20.0. The third kappa shape index (κ3) is 6.63. The summed E-state index contributed by atoms with van der Waals surface area (Å²) in [6.45, 7) is 12.2. The van der Waals surface area contributed by atoms with Crippen LogP contribution in [0.2, 0.25) is 0 Å². The number of nitrogens with one attached hydrogen (secondary N) is 1. The van der Waals surface area contributed by atoms with Crippen LogP contribution in [0.1, 0.15) is 63.4 Å². The average molecular weight is 639 g/mol. The molecule has 13 heteroatoms. The van der Waals surface area contributed by atoms with E-state index >= 15 is 0 Å². The number of amides is 2. The minimum atomic E-state index is -3.52. The smallest absolute Gasteiger partial charge is 0.248 e. The molecule has 4 rings (SSSR count). The summed E-state index contributed by atoms with van der Waals surface area (Å²) in [6.07, 6.45) is 1.81. The maximum absolute atomic E-state index is 13.6. The van der Waals surface area contributed by atoms with Gasteiger partial charge in [0.1, 0.15) is 11.6 Å². The Morgan fingerprint density at radius 1 is 1.12 bits per heavy atom. The Hall–Kier alpha value is -2.51. The zero-order valence-corrected chi connectivity index (χ0v) is 28.0. The number of unbranched alkanes of at least 4 members (excludes halogenated alkanes) is 1. The van der Waals surface area contributed by atoms with Gasteiger partial charge in [-0.25, -0.2) is 17.4 Å². The molecule has 1 aromatic carbocycles. The van der Waals surface area contributed by atoms with E-state index in [0.717, 1.165) is 35.5 Å². The molecule has 0 aliphatic carbocycles. The molecule has 3 heterocycles. The van der Waals surface area contributed by atoms with E-state index in [9.17, 15) is 23.1 Å². The number of nitrogens with zero attached hydrogens (tertiary/aromatic N) is 5. The third-order valence-corrected chi connectivity index (χ3v) is 10.7. The van der Waals surface area contributed by atoms with Gasteiger partial charge in [0.05, 0.1) is 22.4 Å². The molecule has 1 spiro atoms. The van der Waals surface area contributed by atoms with Crippen LogP contribution >= 0.6 is 12.4 Å². The molecule has 0 saturated carbocycles. The van der Waals surface area contributed by atoms with Gasteiger partial charge in [0.25, 0.3) is 0 Å². The lowest BCUT2D eigenvalue weighted by molar-refractivity contribution is -0.165. The predicted molar refractivity (Wildman–Crippen MR) is 168 cm³/mol. The molecule has 240 valence electrons. The highest BCUT2D eigenvalue weighted by Gasteiger charge is 2.54. The standard InChI is InChI=1S/C30H46N6O5S.ClH/c1-8-9-16-35-28(38)26(27(37)20(2)3)31-29(39)30(35)14-17-34(18-15-30)19-25-21(4)32-36(22(25)5)23-10-12-24(13-11-23)42(40,41)33(6)7;/h10-13,20,26-27,37H,8-9,14-19H2,1-7H3,(H,31,39);1H/t26-,27-;/m1./s1. The van der Waals surface area contributed by atoms with E-state index in [-0.39, 0.29) is 35.0 Å². The molecule has 2 fully saturated rings. The molecule has 1 aromatic heterocycles. The van der Waals surface area contributed by atoms with Gasteiger partial charge in [0, 0.05) is 51.5 Å². The van der Waals surface area contributed by atoms with Crippen molar-refractivity contribution in [3.8, 4) is 5.69 Å². The summed E-state index contributed by atoms with van der Waals surface area (Å²) in [7, 11) is -0.500. The second-order valence-corrected chi connectivity index (χ2v) is 14.3. The number of piperidine rings is 1. The Labute approximate surface area is 262 Å². The van der Waals surface area contributed by atoms with Crippen LogP contribution in [-0.4, -0.2) is 101 Å². The van der Waals surface area contributed by atoms with E-state index in [1.54, 1.807) is 29.2 Å². The summed E-state index contributed by atoms with van der Waals surface area (Å²) < 4.78 is 27.9. The van der Waals surface area contributed by atoms with E-state index < -0.39 is 27.7 Å². The molecule has 0 bridgehead atoms. The molecule has 2 atom stereocenters. The van der Waals surface area contributed by atoms with Crippen molar-refractivity contribution in [2.24, 2.45) is 5.92 Å². The van der Waals surface area contributed by atoms with Gasteiger partial charge in [-0.15, -0.1) is 12.4 Å². The second kappa shape index (κ2) is 13.6. The summed E-state index contributed by atoms with van der Waals surface area (Å²) in [6, 6.07) is 5.80. The van der Waals surface area contributed by atoms with Crippen molar-refractivity contribution in [3.05, 3.63) is 41.2 Å². The summed E-state index contributed by atoms with van der Waals surface area (Å²) >= 11 is 0. The highest BCUT2D eigenvalue weighted by molar-refractivity contribution is 7.89. The molecule has 2 saturated heterocycles. The number of rotatable bonds is 10. The van der Waals surface area contributed by atoms with Crippen molar-refractivity contribution in [2.45, 2.75) is 89.4 Å². The summed E-state index contributed by atoms with van der Waals surface area (Å²) in [5, 5.41) is 18.3. The first kappa shape index (κ1) is 35.0. The number of halogens is 1. The maximum Gasteiger partial charge on any atom is 0.248 e. The number of piperazine rings is 1. The van der Waals surface area contributed by atoms with Crippen LogP contribution in [0.3, 0.4) is 0 Å². The number of carbonyl (C=O) groups is 2. The molecular formula is C30H47ClN6O5S. The van der Waals surface area contributed by atoms with Gasteiger partial charge in [-0.05, 0) is 63.3 Å². The fraction of sp³-hybridized carbons (Fsp3) is 0.633. The molecule has 0 radical (unpaired) electrons. The quantitative estimate of drug-likeness (QED) is 0.410. The molecule has 2 N–H and O–H groups in total. The van der Waals surface area contributed by atoms with Crippen molar-refractivity contribution in [3.63, 3.8) is 0 Å². The predicted octanol–water partition coefficient (Wildman–Crippen LogP) is 2.64. The Morgan fingerprint density at radius 3 is 2.26 bits per heavy atom. The maximum atomic E-state index is 13.6.